The minimum atomic E-state index is 0.365. The number of ether oxygens (including phenoxy) is 1. The zero-order chi connectivity index (χ0) is 14.1. The van der Waals surface area contributed by atoms with E-state index < -0.39 is 0 Å². The van der Waals surface area contributed by atoms with Gasteiger partial charge in [-0.2, -0.15) is 0 Å². The summed E-state index contributed by atoms with van der Waals surface area (Å²) in [5.74, 6) is 2.57. The van der Waals surface area contributed by atoms with E-state index in [0.29, 0.717) is 6.10 Å². The molecule has 1 saturated heterocycles. The topological polar surface area (TPSA) is 47.0 Å². The van der Waals surface area contributed by atoms with Gasteiger partial charge in [0.15, 0.2) is 0 Å². The lowest BCUT2D eigenvalue weighted by molar-refractivity contribution is 0.199. The van der Waals surface area contributed by atoms with Gasteiger partial charge >= 0.3 is 0 Å². The van der Waals surface area contributed by atoms with Gasteiger partial charge in [-0.05, 0) is 55.5 Å². The lowest BCUT2D eigenvalue weighted by Gasteiger charge is -2.15. The molecule has 1 aromatic carbocycles. The summed E-state index contributed by atoms with van der Waals surface area (Å²) in [4.78, 5) is 8.15. The highest BCUT2D eigenvalue weighted by atomic mass is 16.5. The average Bonchev–Trinajstić information content (AvgIpc) is 3.10. The summed E-state index contributed by atoms with van der Waals surface area (Å²) < 4.78 is 6.21. The molecule has 1 aromatic heterocycles. The first-order valence-corrected chi connectivity index (χ1v) is 7.61. The van der Waals surface area contributed by atoms with Crippen molar-refractivity contribution < 1.29 is 4.74 Å². The monoisotopic (exact) mass is 281 g/mol. The van der Waals surface area contributed by atoms with Gasteiger partial charge in [0.1, 0.15) is 12.1 Å². The molecule has 0 radical (unpaired) electrons. The third kappa shape index (κ3) is 2.63. The second-order valence-electron chi connectivity index (χ2n) is 6.04. The van der Waals surface area contributed by atoms with Crippen LogP contribution in [0.4, 0.5) is 0 Å². The van der Waals surface area contributed by atoms with Crippen molar-refractivity contribution in [1.82, 2.24) is 15.3 Å². The smallest absolute Gasteiger partial charge is 0.120 e. The molecule has 2 heterocycles. The second kappa shape index (κ2) is 5.45. The Bertz CT molecular complexity index is 604. The summed E-state index contributed by atoms with van der Waals surface area (Å²) in [5, 5.41) is 3.47. The number of rotatable bonds is 3. The Labute approximate surface area is 124 Å². The lowest BCUT2D eigenvalue weighted by Crippen LogP contribution is -2.18. The molecule has 3 atom stereocenters. The number of hydrogen-bond acceptors (Lipinski definition) is 4. The van der Waals surface area contributed by atoms with E-state index >= 15 is 0 Å². The van der Waals surface area contributed by atoms with Gasteiger partial charge in [-0.3, -0.25) is 0 Å². The number of fused-ring (bicyclic) bond motifs is 1. The molecule has 1 saturated carbocycles. The number of hydrogen-bond donors (Lipinski definition) is 1. The number of benzene rings is 1. The van der Waals surface area contributed by atoms with E-state index in [2.05, 4.69) is 27.4 Å². The summed E-state index contributed by atoms with van der Waals surface area (Å²) in [6, 6.07) is 8.23. The van der Waals surface area contributed by atoms with Crippen molar-refractivity contribution in [3.05, 3.63) is 43.0 Å². The van der Waals surface area contributed by atoms with E-state index in [4.69, 9.17) is 4.74 Å². The van der Waals surface area contributed by atoms with Crippen molar-refractivity contribution in [2.75, 3.05) is 13.1 Å². The predicted molar refractivity (Wildman–Crippen MR) is 81.0 cm³/mol. The molecular formula is C17H19N3O. The van der Waals surface area contributed by atoms with Crippen LogP contribution in [0.3, 0.4) is 0 Å². The minimum Gasteiger partial charge on any atom is -0.490 e. The Hall–Kier alpha value is -1.94. The van der Waals surface area contributed by atoms with Gasteiger partial charge in [0.05, 0.1) is 6.10 Å². The molecule has 4 heteroatoms. The highest BCUT2D eigenvalue weighted by Gasteiger charge is 2.38. The van der Waals surface area contributed by atoms with E-state index in [1.807, 2.05) is 24.5 Å². The molecule has 1 aliphatic heterocycles. The Morgan fingerprint density at radius 3 is 2.52 bits per heavy atom. The van der Waals surface area contributed by atoms with E-state index in [9.17, 15) is 0 Å². The molecular weight excluding hydrogens is 262 g/mol. The molecule has 4 rings (SSSR count). The van der Waals surface area contributed by atoms with Gasteiger partial charge in [-0.1, -0.05) is 12.1 Å². The summed E-state index contributed by atoms with van der Waals surface area (Å²) in [6.45, 7) is 2.32. The summed E-state index contributed by atoms with van der Waals surface area (Å²) in [7, 11) is 0. The third-order valence-electron chi connectivity index (χ3n) is 4.64. The number of aromatic nitrogens is 2. The fourth-order valence-corrected chi connectivity index (χ4v) is 3.60. The SMILES string of the molecule is c1cc(O[C@@H]2C[C@H]3CNC[C@H]3C2)cc(-c2cncnc2)c1. The predicted octanol–water partition coefficient (Wildman–Crippen LogP) is 2.52. The highest BCUT2D eigenvalue weighted by Crippen LogP contribution is 2.37. The molecule has 21 heavy (non-hydrogen) atoms. The molecule has 1 aliphatic carbocycles. The minimum absolute atomic E-state index is 0.365. The van der Waals surface area contributed by atoms with Crippen LogP contribution in [0.2, 0.25) is 0 Å². The van der Waals surface area contributed by atoms with Gasteiger partial charge in [0.25, 0.3) is 0 Å². The van der Waals surface area contributed by atoms with Crippen LogP contribution in [0.15, 0.2) is 43.0 Å². The Morgan fingerprint density at radius 1 is 1.00 bits per heavy atom. The second-order valence-corrected chi connectivity index (χ2v) is 6.04. The fraction of sp³-hybridized carbons (Fsp3) is 0.412. The standard InChI is InChI=1S/C17H19N3O/c1-2-12(15-9-19-11-20-10-15)4-16(3-1)21-17-5-13-7-18-8-14(13)6-17/h1-4,9-11,13-14,17-18H,5-8H2/t13-,14+,17+. The molecule has 0 bridgehead atoms. The highest BCUT2D eigenvalue weighted by molar-refractivity contribution is 5.63. The average molecular weight is 281 g/mol. The number of nitrogens with one attached hydrogen (secondary N) is 1. The first kappa shape index (κ1) is 12.8. The molecule has 2 aliphatic rings. The first-order valence-electron chi connectivity index (χ1n) is 7.61. The van der Waals surface area contributed by atoms with E-state index in [-0.39, 0.29) is 0 Å². The molecule has 1 N–H and O–H groups in total. The van der Waals surface area contributed by atoms with Crippen molar-refractivity contribution in [2.24, 2.45) is 11.8 Å². The van der Waals surface area contributed by atoms with Crippen LogP contribution in [0, 0.1) is 11.8 Å². The van der Waals surface area contributed by atoms with Gasteiger partial charge in [-0.25, -0.2) is 9.97 Å². The maximum absolute atomic E-state index is 6.21. The number of nitrogens with zero attached hydrogens (tertiary/aromatic N) is 2. The van der Waals surface area contributed by atoms with E-state index in [0.717, 1.165) is 41.8 Å². The van der Waals surface area contributed by atoms with Gasteiger partial charge in [0.2, 0.25) is 0 Å². The summed E-state index contributed by atoms with van der Waals surface area (Å²) in [6.07, 6.45) is 7.93. The lowest BCUT2D eigenvalue weighted by atomic mass is 10.0. The van der Waals surface area contributed by atoms with Crippen LogP contribution in [0.25, 0.3) is 11.1 Å². The Kier molecular flexibility index (Phi) is 3.31. The van der Waals surface area contributed by atoms with Crippen LogP contribution >= 0.6 is 0 Å². The Balaban J connectivity index is 1.49. The van der Waals surface area contributed by atoms with Gasteiger partial charge < -0.3 is 10.1 Å². The van der Waals surface area contributed by atoms with Gasteiger partial charge in [0, 0.05) is 18.0 Å². The van der Waals surface area contributed by atoms with Crippen molar-refractivity contribution in [3.8, 4) is 16.9 Å². The first-order chi connectivity index (χ1) is 10.4. The van der Waals surface area contributed by atoms with E-state index in [1.54, 1.807) is 6.33 Å². The molecule has 4 nitrogen and oxygen atoms in total. The molecule has 0 spiro atoms. The Morgan fingerprint density at radius 2 is 1.76 bits per heavy atom. The van der Waals surface area contributed by atoms with Crippen LogP contribution in [0.1, 0.15) is 12.8 Å². The van der Waals surface area contributed by atoms with Crippen molar-refractivity contribution >= 4 is 0 Å². The maximum atomic E-state index is 6.21. The summed E-state index contributed by atoms with van der Waals surface area (Å²) in [5.41, 5.74) is 2.13. The van der Waals surface area contributed by atoms with Crippen LogP contribution < -0.4 is 10.1 Å². The maximum Gasteiger partial charge on any atom is 0.120 e. The van der Waals surface area contributed by atoms with Crippen molar-refractivity contribution in [2.45, 2.75) is 18.9 Å². The van der Waals surface area contributed by atoms with Gasteiger partial charge in [-0.15, -0.1) is 0 Å². The van der Waals surface area contributed by atoms with Crippen molar-refractivity contribution in [1.29, 1.82) is 0 Å². The van der Waals surface area contributed by atoms with Crippen LogP contribution in [-0.4, -0.2) is 29.2 Å². The normalized spacial score (nSPS) is 27.5. The quantitative estimate of drug-likeness (QED) is 0.939. The zero-order valence-electron chi connectivity index (χ0n) is 11.9. The fourth-order valence-electron chi connectivity index (χ4n) is 3.60. The third-order valence-corrected chi connectivity index (χ3v) is 4.64. The van der Waals surface area contributed by atoms with Crippen LogP contribution in [-0.2, 0) is 0 Å². The molecule has 108 valence electrons. The largest absolute Gasteiger partial charge is 0.490 e. The zero-order valence-corrected chi connectivity index (χ0v) is 11.9. The van der Waals surface area contributed by atoms with Crippen LogP contribution in [0.5, 0.6) is 5.75 Å². The molecule has 2 aromatic rings. The molecule has 0 unspecified atom stereocenters. The molecule has 2 fully saturated rings. The van der Waals surface area contributed by atoms with E-state index in [1.165, 1.54) is 12.8 Å². The summed E-state index contributed by atoms with van der Waals surface area (Å²) >= 11 is 0. The molecule has 0 amide bonds. The van der Waals surface area contributed by atoms with Crippen molar-refractivity contribution in [3.63, 3.8) is 0 Å².